The van der Waals surface area contributed by atoms with Gasteiger partial charge in [-0.3, -0.25) is 9.78 Å². The molecule has 1 aromatic carbocycles. The summed E-state index contributed by atoms with van der Waals surface area (Å²) >= 11 is 0. The molecular weight excluding hydrogens is 374 g/mol. The average Bonchev–Trinajstić information content (AvgIpc) is 3.32. The van der Waals surface area contributed by atoms with E-state index in [-0.39, 0.29) is 5.91 Å². The Kier molecular flexibility index (Phi) is 6.67. The summed E-state index contributed by atoms with van der Waals surface area (Å²) in [6, 6.07) is 19.7. The summed E-state index contributed by atoms with van der Waals surface area (Å²) in [6.45, 7) is 3.31. The summed E-state index contributed by atoms with van der Waals surface area (Å²) in [5.41, 5.74) is 3.44. The van der Waals surface area contributed by atoms with Crippen LogP contribution in [0, 0.1) is 5.92 Å². The second-order valence-corrected chi connectivity index (χ2v) is 7.53. The number of amides is 1. The molecule has 4 rings (SSSR count). The van der Waals surface area contributed by atoms with Crippen molar-refractivity contribution < 1.29 is 4.79 Å². The van der Waals surface area contributed by atoms with Crippen molar-refractivity contribution in [1.82, 2.24) is 20.6 Å². The average molecular weight is 402 g/mol. The monoisotopic (exact) mass is 401 g/mol. The largest absolute Gasteiger partial charge is 0.369 e. The van der Waals surface area contributed by atoms with Crippen LogP contribution in [0.4, 0.5) is 5.82 Å². The van der Waals surface area contributed by atoms with Gasteiger partial charge in [0.1, 0.15) is 5.82 Å². The number of carbonyl (C=O) groups is 1. The van der Waals surface area contributed by atoms with E-state index in [1.165, 1.54) is 0 Å². The lowest BCUT2D eigenvalue weighted by molar-refractivity contribution is 0.0948. The number of carbonyl (C=O) groups excluding carboxylic acids is 1. The molecule has 0 unspecified atom stereocenters. The number of rotatable bonds is 8. The van der Waals surface area contributed by atoms with E-state index in [9.17, 15) is 4.79 Å². The molecule has 1 atom stereocenters. The molecule has 1 aliphatic rings. The Labute approximate surface area is 177 Å². The van der Waals surface area contributed by atoms with Crippen molar-refractivity contribution in [3.05, 3.63) is 78.1 Å². The standard InChI is InChI=1S/C24H27N5O/c30-24(28-17-18-11-14-25-16-18)21-9-10-22(19-6-2-1-3-7-19)29-23(21)27-15-12-20-8-4-5-13-26-20/h1-10,13,18,25H,11-12,14-17H2,(H,27,29)(H,28,30)/t18-/m0/s1. The Morgan fingerprint density at radius 2 is 1.93 bits per heavy atom. The first-order valence-corrected chi connectivity index (χ1v) is 10.5. The Morgan fingerprint density at radius 1 is 1.07 bits per heavy atom. The van der Waals surface area contributed by atoms with E-state index in [2.05, 4.69) is 20.9 Å². The molecule has 1 aliphatic heterocycles. The van der Waals surface area contributed by atoms with E-state index < -0.39 is 0 Å². The molecule has 2 aromatic heterocycles. The van der Waals surface area contributed by atoms with Crippen LogP contribution >= 0.6 is 0 Å². The van der Waals surface area contributed by atoms with Gasteiger partial charge in [0.25, 0.3) is 5.91 Å². The Morgan fingerprint density at radius 3 is 2.70 bits per heavy atom. The molecule has 0 spiro atoms. The van der Waals surface area contributed by atoms with Gasteiger partial charge in [-0.05, 0) is 49.7 Å². The molecule has 6 heteroatoms. The fraction of sp³-hybridized carbons (Fsp3) is 0.292. The zero-order valence-corrected chi connectivity index (χ0v) is 17.0. The first kappa shape index (κ1) is 20.0. The molecule has 0 radical (unpaired) electrons. The lowest BCUT2D eigenvalue weighted by atomic mass is 10.1. The van der Waals surface area contributed by atoms with Crippen molar-refractivity contribution in [2.45, 2.75) is 12.8 Å². The molecular formula is C24H27N5O. The second-order valence-electron chi connectivity index (χ2n) is 7.53. The van der Waals surface area contributed by atoms with Crippen LogP contribution in [0.1, 0.15) is 22.5 Å². The third-order valence-electron chi connectivity index (χ3n) is 5.32. The summed E-state index contributed by atoms with van der Waals surface area (Å²) in [6.07, 6.45) is 3.65. The van der Waals surface area contributed by atoms with Crippen molar-refractivity contribution in [3.8, 4) is 11.3 Å². The van der Waals surface area contributed by atoms with Crippen molar-refractivity contribution in [2.24, 2.45) is 5.92 Å². The van der Waals surface area contributed by atoms with E-state index in [1.54, 1.807) is 6.20 Å². The summed E-state index contributed by atoms with van der Waals surface area (Å²) in [5.74, 6) is 1.01. The molecule has 3 aromatic rings. The van der Waals surface area contributed by atoms with E-state index in [0.717, 1.165) is 42.9 Å². The third-order valence-corrected chi connectivity index (χ3v) is 5.32. The van der Waals surface area contributed by atoms with E-state index >= 15 is 0 Å². The highest BCUT2D eigenvalue weighted by molar-refractivity contribution is 5.99. The van der Waals surface area contributed by atoms with Crippen LogP contribution in [0.5, 0.6) is 0 Å². The van der Waals surface area contributed by atoms with E-state index in [1.807, 2.05) is 60.7 Å². The number of aromatic nitrogens is 2. The van der Waals surface area contributed by atoms with Crippen molar-refractivity contribution >= 4 is 11.7 Å². The van der Waals surface area contributed by atoms with Gasteiger partial charge in [-0.15, -0.1) is 0 Å². The van der Waals surface area contributed by atoms with Crippen LogP contribution in [0.25, 0.3) is 11.3 Å². The van der Waals surface area contributed by atoms with Gasteiger partial charge in [0.15, 0.2) is 0 Å². The Balaban J connectivity index is 1.50. The molecule has 1 fully saturated rings. The minimum atomic E-state index is -0.0886. The van der Waals surface area contributed by atoms with Gasteiger partial charge in [0, 0.05) is 37.0 Å². The quantitative estimate of drug-likeness (QED) is 0.540. The maximum atomic E-state index is 12.9. The summed E-state index contributed by atoms with van der Waals surface area (Å²) in [4.78, 5) is 22.0. The van der Waals surface area contributed by atoms with Gasteiger partial charge in [-0.1, -0.05) is 36.4 Å². The molecule has 0 bridgehead atoms. The minimum Gasteiger partial charge on any atom is -0.369 e. The summed E-state index contributed by atoms with van der Waals surface area (Å²) in [5, 5.41) is 9.77. The molecule has 0 aliphatic carbocycles. The molecule has 154 valence electrons. The fourth-order valence-electron chi connectivity index (χ4n) is 3.62. The van der Waals surface area contributed by atoms with Crippen molar-refractivity contribution in [1.29, 1.82) is 0 Å². The number of hydrogen-bond acceptors (Lipinski definition) is 5. The van der Waals surface area contributed by atoms with Gasteiger partial charge in [-0.2, -0.15) is 0 Å². The number of anilines is 1. The van der Waals surface area contributed by atoms with Gasteiger partial charge < -0.3 is 16.0 Å². The lowest BCUT2D eigenvalue weighted by Gasteiger charge is -2.15. The summed E-state index contributed by atoms with van der Waals surface area (Å²) < 4.78 is 0. The highest BCUT2D eigenvalue weighted by atomic mass is 16.1. The SMILES string of the molecule is O=C(NC[C@H]1CCNC1)c1ccc(-c2ccccc2)nc1NCCc1ccccn1. The van der Waals surface area contributed by atoms with E-state index in [0.29, 0.717) is 30.4 Å². The molecule has 0 saturated carbocycles. The predicted octanol–water partition coefficient (Wildman–Crippen LogP) is 3.14. The second kappa shape index (κ2) is 9.98. The Hall–Kier alpha value is -3.25. The van der Waals surface area contributed by atoms with Crippen LogP contribution < -0.4 is 16.0 Å². The highest BCUT2D eigenvalue weighted by Crippen LogP contribution is 2.22. The van der Waals surface area contributed by atoms with E-state index in [4.69, 9.17) is 4.98 Å². The highest BCUT2D eigenvalue weighted by Gasteiger charge is 2.18. The van der Waals surface area contributed by atoms with Crippen LogP contribution in [-0.4, -0.2) is 42.1 Å². The molecule has 6 nitrogen and oxygen atoms in total. The van der Waals surface area contributed by atoms with Crippen LogP contribution in [0.3, 0.4) is 0 Å². The molecule has 1 saturated heterocycles. The first-order valence-electron chi connectivity index (χ1n) is 10.5. The fourth-order valence-corrected chi connectivity index (χ4v) is 3.62. The Bertz CT molecular complexity index is 956. The summed E-state index contributed by atoms with van der Waals surface area (Å²) in [7, 11) is 0. The van der Waals surface area contributed by atoms with Gasteiger partial charge >= 0.3 is 0 Å². The lowest BCUT2D eigenvalue weighted by Crippen LogP contribution is -2.31. The topological polar surface area (TPSA) is 78.9 Å². The molecule has 30 heavy (non-hydrogen) atoms. The third kappa shape index (κ3) is 5.21. The van der Waals surface area contributed by atoms with Crippen LogP contribution in [-0.2, 0) is 6.42 Å². The number of nitrogens with one attached hydrogen (secondary N) is 3. The number of nitrogens with zero attached hydrogens (tertiary/aromatic N) is 2. The van der Waals surface area contributed by atoms with Crippen LogP contribution in [0.2, 0.25) is 0 Å². The zero-order chi connectivity index (χ0) is 20.6. The number of hydrogen-bond donors (Lipinski definition) is 3. The normalized spacial score (nSPS) is 15.7. The molecule has 1 amide bonds. The first-order chi connectivity index (χ1) is 14.8. The maximum Gasteiger partial charge on any atom is 0.255 e. The van der Waals surface area contributed by atoms with Gasteiger partial charge in [-0.25, -0.2) is 4.98 Å². The maximum absolute atomic E-state index is 12.9. The number of benzene rings is 1. The van der Waals surface area contributed by atoms with Gasteiger partial charge in [0.2, 0.25) is 0 Å². The zero-order valence-electron chi connectivity index (χ0n) is 17.0. The molecule has 3 N–H and O–H groups in total. The predicted molar refractivity (Wildman–Crippen MR) is 119 cm³/mol. The van der Waals surface area contributed by atoms with Crippen molar-refractivity contribution in [3.63, 3.8) is 0 Å². The number of pyridine rings is 2. The minimum absolute atomic E-state index is 0.0886. The van der Waals surface area contributed by atoms with Gasteiger partial charge in [0.05, 0.1) is 11.3 Å². The van der Waals surface area contributed by atoms with Crippen molar-refractivity contribution in [2.75, 3.05) is 31.5 Å². The van der Waals surface area contributed by atoms with Crippen LogP contribution in [0.15, 0.2) is 66.9 Å². The molecule has 3 heterocycles. The smallest absolute Gasteiger partial charge is 0.255 e.